The number of anilines is 1. The van der Waals surface area contributed by atoms with Gasteiger partial charge in [0.1, 0.15) is 5.82 Å². The summed E-state index contributed by atoms with van der Waals surface area (Å²) in [6.07, 6.45) is 2.04. The molecule has 0 amide bonds. The summed E-state index contributed by atoms with van der Waals surface area (Å²) in [7, 11) is 0. The van der Waals surface area contributed by atoms with E-state index in [1.54, 1.807) is 0 Å². The summed E-state index contributed by atoms with van der Waals surface area (Å²) in [6.45, 7) is 2.93. The molecule has 19 heavy (non-hydrogen) atoms. The molecule has 2 aromatic rings. The normalized spacial score (nSPS) is 13.3. The Morgan fingerprint density at radius 3 is 2.42 bits per heavy atom. The minimum absolute atomic E-state index is 0. The van der Waals surface area contributed by atoms with Gasteiger partial charge in [-0.15, -0.1) is 17.0 Å². The Morgan fingerprint density at radius 1 is 1.00 bits per heavy atom. The number of aryl methyl sites for hydroxylation is 1. The van der Waals surface area contributed by atoms with Crippen molar-refractivity contribution in [3.8, 4) is 0 Å². The first-order valence-corrected chi connectivity index (χ1v) is 6.13. The molecule has 0 spiro atoms. The van der Waals surface area contributed by atoms with E-state index >= 15 is 0 Å². The number of nitrogens with two attached hydrogens (primary N) is 1. The quantitative estimate of drug-likeness (QED) is 0.865. The minimum atomic E-state index is 0. The van der Waals surface area contributed by atoms with Crippen LogP contribution < -0.4 is 10.6 Å². The van der Waals surface area contributed by atoms with Crippen molar-refractivity contribution in [2.75, 3.05) is 4.90 Å². The van der Waals surface area contributed by atoms with E-state index in [4.69, 9.17) is 5.73 Å². The summed E-state index contributed by atoms with van der Waals surface area (Å²) in [5, 5.41) is 0. The molecule has 0 aliphatic carbocycles. The number of nitrogens with zero attached hydrogens (tertiary/aromatic N) is 1. The standard InChI is InChI=1S/C16H16N2.BrH/c1-12-6-8-15(9-7-12)18-11-14-5-3-2-4-13(14)10-16(18)17;/h2-10H,11,17H2,1H3;1H. The fourth-order valence-corrected chi connectivity index (χ4v) is 2.28. The van der Waals surface area contributed by atoms with Gasteiger partial charge < -0.3 is 10.6 Å². The van der Waals surface area contributed by atoms with E-state index in [2.05, 4.69) is 54.3 Å². The summed E-state index contributed by atoms with van der Waals surface area (Å²) in [4.78, 5) is 2.14. The van der Waals surface area contributed by atoms with Gasteiger partial charge in [-0.3, -0.25) is 0 Å². The Hall–Kier alpha value is -1.74. The molecule has 0 atom stereocenters. The molecule has 0 radical (unpaired) electrons. The van der Waals surface area contributed by atoms with Crippen LogP contribution >= 0.6 is 17.0 Å². The highest BCUT2D eigenvalue weighted by Gasteiger charge is 2.16. The monoisotopic (exact) mass is 316 g/mol. The molecule has 2 aromatic carbocycles. The molecular weight excluding hydrogens is 300 g/mol. The number of hydrogen-bond donors (Lipinski definition) is 1. The average Bonchev–Trinajstić information content (AvgIpc) is 2.39. The lowest BCUT2D eigenvalue weighted by atomic mass is 10.0. The van der Waals surface area contributed by atoms with Crippen molar-refractivity contribution in [1.82, 2.24) is 0 Å². The van der Waals surface area contributed by atoms with Gasteiger partial charge in [0.25, 0.3) is 0 Å². The molecule has 3 heteroatoms. The van der Waals surface area contributed by atoms with Crippen molar-refractivity contribution >= 4 is 28.7 Å². The van der Waals surface area contributed by atoms with Gasteiger partial charge in [-0.05, 0) is 36.3 Å². The molecule has 2 N–H and O–H groups in total. The fourth-order valence-electron chi connectivity index (χ4n) is 2.28. The Morgan fingerprint density at radius 2 is 1.68 bits per heavy atom. The van der Waals surface area contributed by atoms with Gasteiger partial charge in [0.05, 0.1) is 6.54 Å². The summed E-state index contributed by atoms with van der Waals surface area (Å²) in [5.41, 5.74) is 11.1. The summed E-state index contributed by atoms with van der Waals surface area (Å²) in [5.74, 6) is 0.803. The molecule has 3 rings (SSSR count). The van der Waals surface area contributed by atoms with E-state index < -0.39 is 0 Å². The number of hydrogen-bond acceptors (Lipinski definition) is 2. The molecule has 1 aliphatic rings. The topological polar surface area (TPSA) is 29.3 Å². The third-order valence-corrected chi connectivity index (χ3v) is 3.34. The zero-order valence-corrected chi connectivity index (χ0v) is 12.5. The van der Waals surface area contributed by atoms with Gasteiger partial charge in [0, 0.05) is 5.69 Å². The molecule has 0 saturated heterocycles. The summed E-state index contributed by atoms with van der Waals surface area (Å²) >= 11 is 0. The van der Waals surface area contributed by atoms with E-state index in [0.717, 1.165) is 18.1 Å². The van der Waals surface area contributed by atoms with Crippen LogP contribution in [0.15, 0.2) is 54.4 Å². The van der Waals surface area contributed by atoms with Crippen LogP contribution in [0, 0.1) is 6.92 Å². The van der Waals surface area contributed by atoms with E-state index in [1.807, 2.05) is 12.1 Å². The maximum atomic E-state index is 6.15. The molecule has 98 valence electrons. The molecule has 0 bridgehead atoms. The minimum Gasteiger partial charge on any atom is -0.385 e. The molecular formula is C16H17BrN2. The zero-order chi connectivity index (χ0) is 12.5. The van der Waals surface area contributed by atoms with Crippen LogP contribution in [0.4, 0.5) is 5.69 Å². The average molecular weight is 317 g/mol. The highest BCUT2D eigenvalue weighted by Crippen LogP contribution is 2.27. The number of rotatable bonds is 1. The van der Waals surface area contributed by atoms with Crippen molar-refractivity contribution in [2.45, 2.75) is 13.5 Å². The van der Waals surface area contributed by atoms with Crippen LogP contribution in [0.1, 0.15) is 16.7 Å². The van der Waals surface area contributed by atoms with Gasteiger partial charge in [0.2, 0.25) is 0 Å². The maximum absolute atomic E-state index is 6.15. The third kappa shape index (κ3) is 2.66. The number of fused-ring (bicyclic) bond motifs is 1. The first-order chi connectivity index (χ1) is 8.74. The molecule has 0 unspecified atom stereocenters. The van der Waals surface area contributed by atoms with E-state index in [1.165, 1.54) is 16.7 Å². The van der Waals surface area contributed by atoms with Crippen LogP contribution in [0.5, 0.6) is 0 Å². The van der Waals surface area contributed by atoms with Crippen LogP contribution in [-0.4, -0.2) is 0 Å². The van der Waals surface area contributed by atoms with Crippen LogP contribution in [0.3, 0.4) is 0 Å². The van der Waals surface area contributed by atoms with E-state index in [9.17, 15) is 0 Å². The van der Waals surface area contributed by atoms with E-state index in [0.29, 0.717) is 0 Å². The Kier molecular flexibility index (Phi) is 3.96. The molecule has 2 nitrogen and oxygen atoms in total. The zero-order valence-electron chi connectivity index (χ0n) is 10.8. The third-order valence-electron chi connectivity index (χ3n) is 3.34. The Bertz CT molecular complexity index is 602. The second-order valence-corrected chi connectivity index (χ2v) is 4.69. The van der Waals surface area contributed by atoms with Gasteiger partial charge in [-0.1, -0.05) is 42.0 Å². The summed E-state index contributed by atoms with van der Waals surface area (Å²) in [6, 6.07) is 16.8. The molecule has 0 aromatic heterocycles. The van der Waals surface area contributed by atoms with Crippen molar-refractivity contribution in [1.29, 1.82) is 0 Å². The van der Waals surface area contributed by atoms with Gasteiger partial charge >= 0.3 is 0 Å². The van der Waals surface area contributed by atoms with Crippen molar-refractivity contribution < 1.29 is 0 Å². The molecule has 1 heterocycles. The number of halogens is 1. The van der Waals surface area contributed by atoms with Gasteiger partial charge in [-0.2, -0.15) is 0 Å². The lowest BCUT2D eigenvalue weighted by Gasteiger charge is -2.29. The van der Waals surface area contributed by atoms with Gasteiger partial charge in [0.15, 0.2) is 0 Å². The first-order valence-electron chi connectivity index (χ1n) is 6.13. The SMILES string of the molecule is Br.Cc1ccc(N2Cc3ccccc3C=C2N)cc1. The lowest BCUT2D eigenvalue weighted by Crippen LogP contribution is -2.29. The molecule has 1 aliphatic heterocycles. The van der Waals surface area contributed by atoms with Crippen LogP contribution in [0.2, 0.25) is 0 Å². The highest BCUT2D eigenvalue weighted by atomic mass is 79.9. The fraction of sp³-hybridized carbons (Fsp3) is 0.125. The highest BCUT2D eigenvalue weighted by molar-refractivity contribution is 8.93. The Labute approximate surface area is 124 Å². The first kappa shape index (κ1) is 13.7. The van der Waals surface area contributed by atoms with Crippen molar-refractivity contribution in [2.24, 2.45) is 5.73 Å². The van der Waals surface area contributed by atoms with Gasteiger partial charge in [-0.25, -0.2) is 0 Å². The second-order valence-electron chi connectivity index (χ2n) is 4.69. The molecule has 0 saturated carbocycles. The predicted molar refractivity (Wildman–Crippen MR) is 86.3 cm³/mol. The van der Waals surface area contributed by atoms with Crippen LogP contribution in [-0.2, 0) is 6.54 Å². The summed E-state index contributed by atoms with van der Waals surface area (Å²) < 4.78 is 0. The van der Waals surface area contributed by atoms with E-state index in [-0.39, 0.29) is 17.0 Å². The lowest BCUT2D eigenvalue weighted by molar-refractivity contribution is 0.888. The van der Waals surface area contributed by atoms with Crippen molar-refractivity contribution in [3.63, 3.8) is 0 Å². The maximum Gasteiger partial charge on any atom is 0.104 e. The van der Waals surface area contributed by atoms with Crippen molar-refractivity contribution in [3.05, 3.63) is 71.0 Å². The smallest absolute Gasteiger partial charge is 0.104 e. The number of benzene rings is 2. The molecule has 0 fully saturated rings. The Balaban J connectivity index is 0.00000133. The predicted octanol–water partition coefficient (Wildman–Crippen LogP) is 3.85. The second kappa shape index (κ2) is 5.49. The van der Waals surface area contributed by atoms with Crippen LogP contribution in [0.25, 0.3) is 6.08 Å². The largest absolute Gasteiger partial charge is 0.385 e.